The van der Waals surface area contributed by atoms with E-state index >= 15 is 0 Å². The number of hydrogen-bond acceptors (Lipinski definition) is 4. The van der Waals surface area contributed by atoms with Crippen molar-refractivity contribution in [2.75, 3.05) is 11.5 Å². The Labute approximate surface area is 107 Å². The van der Waals surface area contributed by atoms with Gasteiger partial charge < -0.3 is 0 Å². The standard InChI is InChI=1S/C12H14O4S2/c1-10-4-2-5-11(8-10)12-9-17(13,14)6-3-7-18(12,15)16/h2-5,7-8,12H,6,9H2,1H3. The van der Waals surface area contributed by atoms with Gasteiger partial charge in [0.2, 0.25) is 0 Å². The molecule has 0 bridgehead atoms. The van der Waals surface area contributed by atoms with Crippen molar-refractivity contribution in [1.82, 2.24) is 0 Å². The third-order valence-corrected chi connectivity index (χ3v) is 6.41. The van der Waals surface area contributed by atoms with Crippen LogP contribution in [-0.4, -0.2) is 28.3 Å². The minimum atomic E-state index is -3.56. The Hall–Kier alpha value is -1.14. The number of sulfone groups is 2. The van der Waals surface area contributed by atoms with Gasteiger partial charge in [-0.2, -0.15) is 0 Å². The molecule has 1 aliphatic heterocycles. The van der Waals surface area contributed by atoms with E-state index in [1.165, 1.54) is 6.08 Å². The van der Waals surface area contributed by atoms with Crippen LogP contribution >= 0.6 is 0 Å². The van der Waals surface area contributed by atoms with Crippen LogP contribution in [0.25, 0.3) is 0 Å². The highest BCUT2D eigenvalue weighted by Crippen LogP contribution is 2.28. The van der Waals surface area contributed by atoms with Crippen LogP contribution < -0.4 is 0 Å². The van der Waals surface area contributed by atoms with Gasteiger partial charge in [0.1, 0.15) is 5.25 Å². The second-order valence-corrected chi connectivity index (χ2v) is 8.61. The van der Waals surface area contributed by atoms with E-state index in [1.807, 2.05) is 13.0 Å². The first-order valence-corrected chi connectivity index (χ1v) is 8.91. The molecule has 18 heavy (non-hydrogen) atoms. The number of rotatable bonds is 1. The normalized spacial score (nSPS) is 25.5. The monoisotopic (exact) mass is 286 g/mol. The largest absolute Gasteiger partial charge is 0.228 e. The fraction of sp³-hybridized carbons (Fsp3) is 0.333. The van der Waals surface area contributed by atoms with Gasteiger partial charge in [0.15, 0.2) is 19.7 Å². The highest BCUT2D eigenvalue weighted by Gasteiger charge is 2.32. The molecule has 1 atom stereocenters. The minimum absolute atomic E-state index is 0.214. The van der Waals surface area contributed by atoms with E-state index in [0.717, 1.165) is 11.0 Å². The van der Waals surface area contributed by atoms with Crippen molar-refractivity contribution in [3.8, 4) is 0 Å². The summed E-state index contributed by atoms with van der Waals surface area (Å²) in [4.78, 5) is 0. The minimum Gasteiger partial charge on any atom is -0.228 e. The van der Waals surface area contributed by atoms with E-state index < -0.39 is 24.9 Å². The highest BCUT2D eigenvalue weighted by atomic mass is 32.2. The fourth-order valence-corrected chi connectivity index (χ4v) is 5.73. The summed E-state index contributed by atoms with van der Waals surface area (Å²) in [6.07, 6.45) is 1.21. The lowest BCUT2D eigenvalue weighted by atomic mass is 10.1. The number of benzene rings is 1. The molecule has 0 saturated heterocycles. The lowest BCUT2D eigenvalue weighted by molar-refractivity contribution is 0.584. The molecule has 0 radical (unpaired) electrons. The Balaban J connectivity index is 2.55. The highest BCUT2D eigenvalue weighted by molar-refractivity contribution is 7.97. The Morgan fingerprint density at radius 3 is 2.56 bits per heavy atom. The summed E-state index contributed by atoms with van der Waals surface area (Å²) in [5.41, 5.74) is 1.44. The molecule has 1 heterocycles. The average Bonchev–Trinajstić information content (AvgIpc) is 2.35. The van der Waals surface area contributed by atoms with E-state index in [9.17, 15) is 16.8 Å². The van der Waals surface area contributed by atoms with E-state index in [-0.39, 0.29) is 11.5 Å². The fourth-order valence-electron chi connectivity index (χ4n) is 1.96. The summed E-state index contributed by atoms with van der Waals surface area (Å²) in [6.45, 7) is 1.84. The zero-order chi connectivity index (χ0) is 13.4. The average molecular weight is 286 g/mol. The third kappa shape index (κ3) is 2.81. The molecule has 1 aromatic carbocycles. The van der Waals surface area contributed by atoms with Crippen LogP contribution in [0.4, 0.5) is 0 Å². The molecule has 0 aliphatic carbocycles. The van der Waals surface area contributed by atoms with Crippen molar-refractivity contribution in [3.63, 3.8) is 0 Å². The van der Waals surface area contributed by atoms with Gasteiger partial charge in [-0.1, -0.05) is 35.9 Å². The van der Waals surface area contributed by atoms with Crippen molar-refractivity contribution in [1.29, 1.82) is 0 Å². The predicted molar refractivity (Wildman–Crippen MR) is 70.6 cm³/mol. The summed E-state index contributed by atoms with van der Waals surface area (Å²) >= 11 is 0. The van der Waals surface area contributed by atoms with Crippen LogP contribution in [0.15, 0.2) is 35.7 Å². The van der Waals surface area contributed by atoms with Crippen molar-refractivity contribution in [2.45, 2.75) is 12.2 Å². The summed E-state index contributed by atoms with van der Waals surface area (Å²) in [5.74, 6) is -0.569. The van der Waals surface area contributed by atoms with Crippen molar-refractivity contribution < 1.29 is 16.8 Å². The molecule has 4 nitrogen and oxygen atoms in total. The Morgan fingerprint density at radius 2 is 1.89 bits per heavy atom. The summed E-state index contributed by atoms with van der Waals surface area (Å²) in [7, 11) is -6.93. The van der Waals surface area contributed by atoms with Gasteiger partial charge in [-0.3, -0.25) is 0 Å². The predicted octanol–water partition coefficient (Wildman–Crippen LogP) is 1.39. The van der Waals surface area contributed by atoms with Gasteiger partial charge >= 0.3 is 0 Å². The lowest BCUT2D eigenvalue weighted by Gasteiger charge is -2.14. The maximum atomic E-state index is 12.1. The van der Waals surface area contributed by atoms with Crippen molar-refractivity contribution in [2.24, 2.45) is 0 Å². The second kappa shape index (κ2) is 4.51. The molecule has 0 amide bonds. The van der Waals surface area contributed by atoms with Crippen LogP contribution in [0, 0.1) is 6.92 Å². The van der Waals surface area contributed by atoms with Crippen molar-refractivity contribution >= 4 is 19.7 Å². The van der Waals surface area contributed by atoms with Gasteiger partial charge in [0.05, 0.1) is 11.5 Å². The summed E-state index contributed by atoms with van der Waals surface area (Å²) in [5, 5.41) is 0.0195. The first kappa shape index (κ1) is 13.3. The molecule has 0 spiro atoms. The molecular weight excluding hydrogens is 272 g/mol. The van der Waals surface area contributed by atoms with E-state index in [0.29, 0.717) is 5.56 Å². The van der Waals surface area contributed by atoms with Crippen LogP contribution in [0.3, 0.4) is 0 Å². The van der Waals surface area contributed by atoms with Gasteiger partial charge in [0.25, 0.3) is 0 Å². The van der Waals surface area contributed by atoms with Crippen LogP contribution in [0.5, 0.6) is 0 Å². The maximum Gasteiger partial charge on any atom is 0.179 e. The van der Waals surface area contributed by atoms with Crippen LogP contribution in [0.2, 0.25) is 0 Å². The smallest absolute Gasteiger partial charge is 0.179 e. The molecule has 1 aromatic rings. The van der Waals surface area contributed by atoms with Gasteiger partial charge in [-0.25, -0.2) is 16.8 Å². The van der Waals surface area contributed by atoms with Crippen molar-refractivity contribution in [3.05, 3.63) is 46.9 Å². The first-order valence-electron chi connectivity index (χ1n) is 5.48. The SMILES string of the molecule is Cc1cccc(C2CS(=O)(=O)CC=CS2(=O)=O)c1. The van der Waals surface area contributed by atoms with Crippen LogP contribution in [0.1, 0.15) is 16.4 Å². The van der Waals surface area contributed by atoms with Gasteiger partial charge in [0, 0.05) is 5.41 Å². The maximum absolute atomic E-state index is 12.1. The second-order valence-electron chi connectivity index (χ2n) is 4.44. The number of aryl methyl sites for hydroxylation is 1. The van der Waals surface area contributed by atoms with Crippen LogP contribution in [-0.2, 0) is 19.7 Å². The zero-order valence-corrected chi connectivity index (χ0v) is 11.5. The van der Waals surface area contributed by atoms with Gasteiger partial charge in [-0.15, -0.1) is 0 Å². The van der Waals surface area contributed by atoms with E-state index in [2.05, 4.69) is 0 Å². The van der Waals surface area contributed by atoms with E-state index in [1.54, 1.807) is 18.2 Å². The quantitative estimate of drug-likeness (QED) is 0.782. The molecule has 0 saturated carbocycles. The third-order valence-electron chi connectivity index (χ3n) is 2.85. The van der Waals surface area contributed by atoms with E-state index in [4.69, 9.17) is 0 Å². The molecule has 2 rings (SSSR count). The molecule has 98 valence electrons. The lowest BCUT2D eigenvalue weighted by Crippen LogP contribution is -2.20. The topological polar surface area (TPSA) is 68.3 Å². The van der Waals surface area contributed by atoms with Gasteiger partial charge in [-0.05, 0) is 12.5 Å². The summed E-state index contributed by atoms with van der Waals surface area (Å²) < 4.78 is 47.5. The number of hydrogen-bond donors (Lipinski definition) is 0. The molecule has 0 aromatic heterocycles. The molecule has 1 aliphatic rings. The Morgan fingerprint density at radius 1 is 1.17 bits per heavy atom. The molecule has 6 heteroatoms. The zero-order valence-electron chi connectivity index (χ0n) is 9.91. The Kier molecular flexibility index (Phi) is 3.33. The molecule has 0 fully saturated rings. The summed E-state index contributed by atoms with van der Waals surface area (Å²) in [6, 6.07) is 6.96. The Bertz CT molecular complexity index is 685. The molecule has 0 N–H and O–H groups in total. The molecular formula is C12H14O4S2. The first-order chi connectivity index (χ1) is 8.30. The molecule has 1 unspecified atom stereocenters.